The lowest BCUT2D eigenvalue weighted by Crippen LogP contribution is -3.00. The summed E-state index contributed by atoms with van der Waals surface area (Å²) in [6, 6.07) is 9.15. The number of halogens is 4. The number of amides is 2. The molecule has 18 atom stereocenters. The van der Waals surface area contributed by atoms with Crippen molar-refractivity contribution in [2.45, 2.75) is 235 Å². The van der Waals surface area contributed by atoms with Crippen LogP contribution in [0, 0.1) is 112 Å². The van der Waals surface area contributed by atoms with Gasteiger partial charge >= 0.3 is 11.9 Å². The van der Waals surface area contributed by atoms with Gasteiger partial charge in [0, 0.05) is 42.4 Å². The van der Waals surface area contributed by atoms with Crippen LogP contribution < -0.4 is 39.2 Å². The third-order valence-electron chi connectivity index (χ3n) is 29.3. The Morgan fingerprint density at radius 1 is 0.602 bits per heavy atom. The molecule has 8 fully saturated rings. The van der Waals surface area contributed by atoms with E-state index >= 15 is 0 Å². The van der Waals surface area contributed by atoms with Crippen molar-refractivity contribution < 1.29 is 67.5 Å². The Balaban J connectivity index is 0.000000197. The molecule has 0 radical (unpaired) electrons. The van der Waals surface area contributed by atoms with Gasteiger partial charge in [-0.1, -0.05) is 129 Å². The zero-order valence-corrected chi connectivity index (χ0v) is 62.5. The van der Waals surface area contributed by atoms with Gasteiger partial charge in [-0.05, 0) is 238 Å². The van der Waals surface area contributed by atoms with Crippen molar-refractivity contribution in [3.63, 3.8) is 0 Å². The van der Waals surface area contributed by atoms with E-state index in [0.29, 0.717) is 48.6 Å². The van der Waals surface area contributed by atoms with Crippen molar-refractivity contribution >= 4 is 70.1 Å². The third-order valence-corrected chi connectivity index (χ3v) is 29.7. The van der Waals surface area contributed by atoms with Crippen molar-refractivity contribution in [1.82, 2.24) is 15.6 Å². The molecule has 0 spiro atoms. The van der Waals surface area contributed by atoms with Crippen molar-refractivity contribution in [2.24, 2.45) is 108 Å². The van der Waals surface area contributed by atoms with Gasteiger partial charge in [0.05, 0.1) is 28.9 Å². The highest BCUT2D eigenvalue weighted by Gasteiger charge is 2.73. The number of aliphatic carboxylic acids is 2. The molecule has 12 rings (SSSR count). The quantitative estimate of drug-likeness (QED) is 0.122. The highest BCUT2D eigenvalue weighted by Crippen LogP contribution is 2.77. The molecule has 510 valence electrons. The first kappa shape index (κ1) is 73.3. The molecular weight excluding hydrogens is 1340 g/mol. The number of alkyl halides is 3. The summed E-state index contributed by atoms with van der Waals surface area (Å²) in [6.45, 7) is 32.1. The Hall–Kier alpha value is -3.91. The van der Waals surface area contributed by atoms with Crippen LogP contribution in [-0.2, 0) is 26.2 Å². The molecule has 2 heterocycles. The maximum Gasteiger partial charge on any atom is 0.309 e. The number of fused-ring (bicyclic) bond motifs is 14. The van der Waals surface area contributed by atoms with Gasteiger partial charge < -0.3 is 44.8 Å². The van der Waals surface area contributed by atoms with Crippen molar-refractivity contribution in [2.75, 3.05) is 0 Å². The fourth-order valence-corrected chi connectivity index (χ4v) is 23.2. The van der Waals surface area contributed by atoms with Crippen molar-refractivity contribution in [3.8, 4) is 6.07 Å². The van der Waals surface area contributed by atoms with Gasteiger partial charge in [-0.25, -0.2) is 4.57 Å². The molecule has 2 aromatic rings. The van der Waals surface area contributed by atoms with E-state index in [-0.39, 0.29) is 144 Å². The number of nitrogens with zero attached hydrogens (tertiary/aromatic N) is 3. The molecule has 0 aliphatic heterocycles. The van der Waals surface area contributed by atoms with Crippen LogP contribution in [0.5, 0.6) is 0 Å². The molecule has 10 aliphatic rings. The number of rotatable bonds is 6. The molecule has 2 unspecified atom stereocenters. The lowest BCUT2D eigenvalue weighted by atomic mass is 9.33. The Morgan fingerprint density at radius 3 is 1.38 bits per heavy atom. The topological polar surface area (TPSA) is 207 Å². The number of hydrogen-bond acceptors (Lipinski definition) is 8. The number of ketones is 2. The van der Waals surface area contributed by atoms with Crippen LogP contribution in [0.15, 0.2) is 72.4 Å². The van der Waals surface area contributed by atoms with Gasteiger partial charge in [-0.3, -0.25) is 33.8 Å². The van der Waals surface area contributed by atoms with Crippen molar-refractivity contribution in [3.05, 3.63) is 83.5 Å². The van der Waals surface area contributed by atoms with Gasteiger partial charge in [0.25, 0.3) is 11.8 Å². The molecular formula is C76H105Cl3IN5O8. The summed E-state index contributed by atoms with van der Waals surface area (Å²) in [5.74, 6) is -0.252. The van der Waals surface area contributed by atoms with E-state index in [2.05, 4.69) is 98.7 Å². The zero-order chi connectivity index (χ0) is 67.8. The molecule has 2 amide bonds. The summed E-state index contributed by atoms with van der Waals surface area (Å²) in [7, 11) is 1.93. The average molecular weight is 1450 g/mol. The van der Waals surface area contributed by atoms with Crippen molar-refractivity contribution in [1.29, 1.82) is 5.26 Å². The van der Waals surface area contributed by atoms with Crippen LogP contribution in [-0.4, -0.2) is 66.4 Å². The van der Waals surface area contributed by atoms with Gasteiger partial charge in [0.1, 0.15) is 12.6 Å². The maximum absolute atomic E-state index is 14.6. The van der Waals surface area contributed by atoms with E-state index in [1.54, 1.807) is 30.6 Å². The van der Waals surface area contributed by atoms with Gasteiger partial charge in [0.2, 0.25) is 3.79 Å². The number of nitrogens with one attached hydrogen (secondary N) is 2. The fourth-order valence-electron chi connectivity index (χ4n) is 23.1. The van der Waals surface area contributed by atoms with E-state index in [9.17, 15) is 39.0 Å². The molecule has 17 heteroatoms. The van der Waals surface area contributed by atoms with Gasteiger partial charge in [-0.2, -0.15) is 5.26 Å². The van der Waals surface area contributed by atoms with E-state index < -0.39 is 26.6 Å². The highest BCUT2D eigenvalue weighted by molar-refractivity contribution is 6.67. The van der Waals surface area contributed by atoms with E-state index in [1.807, 2.05) is 62.1 Å². The number of carboxylic acids is 2. The first-order valence-corrected chi connectivity index (χ1v) is 35.5. The lowest BCUT2D eigenvalue weighted by molar-refractivity contribution is -0.671. The molecule has 0 saturated heterocycles. The second kappa shape index (κ2) is 24.8. The summed E-state index contributed by atoms with van der Waals surface area (Å²) in [5.41, 5.74) is 1.11. The van der Waals surface area contributed by atoms with Crippen LogP contribution in [0.1, 0.15) is 240 Å². The maximum atomic E-state index is 14.6. The molecule has 13 nitrogen and oxygen atoms in total. The molecule has 4 N–H and O–H groups in total. The van der Waals surface area contributed by atoms with E-state index in [1.165, 1.54) is 11.1 Å². The van der Waals surface area contributed by atoms with E-state index in [4.69, 9.17) is 40.1 Å². The normalized spacial score (nSPS) is 42.3. The summed E-state index contributed by atoms with van der Waals surface area (Å²) in [4.78, 5) is 84.5. The summed E-state index contributed by atoms with van der Waals surface area (Å²) < 4.78 is 0.509. The minimum absolute atomic E-state index is 0. The Bertz CT molecular complexity index is 3440. The number of hydrogen-bond donors (Lipinski definition) is 4. The number of carbonyl (C=O) groups is 6. The number of carboxylic acid groups (broad SMARTS) is 2. The molecule has 8 saturated carbocycles. The SMILES string of the molecule is CC1(C)C(NC(=O)c2cccnc2)CC[C@]2(C)[C@H]3C(=O)C=C4[C@@H]5C[C@@](C)(C(=O)O)CC[C@]5(C)CC[C@@]4(C)[C@]3(C)CC[C@@H]12.C[n+]1cccc(C(=O)NC2CC[C@]3(C)[C@H]4C(=O)C=C5[C@@H]6C[C@@](C)(C(=O)O)CC[C@]6(C)CC[C@@]5(C)[C@]4(C)CC[C@H]3C2(C)C)c1.N#CCC(Cl)(Cl)Cl.[I-]. The molecule has 0 bridgehead atoms. The van der Waals surface area contributed by atoms with Crippen LogP contribution in [0.4, 0.5) is 0 Å². The van der Waals surface area contributed by atoms with E-state index in [0.717, 1.165) is 89.9 Å². The number of allylic oxidation sites excluding steroid dienone is 4. The summed E-state index contributed by atoms with van der Waals surface area (Å²) in [6.07, 6.45) is 27.4. The number of aromatic nitrogens is 2. The predicted molar refractivity (Wildman–Crippen MR) is 359 cm³/mol. The summed E-state index contributed by atoms with van der Waals surface area (Å²) >= 11 is 15.4. The zero-order valence-electron chi connectivity index (χ0n) is 58.0. The molecule has 93 heavy (non-hydrogen) atoms. The first-order chi connectivity index (χ1) is 42.5. The second-order valence-corrected chi connectivity index (χ2v) is 37.4. The minimum atomic E-state index is -1.39. The smallest absolute Gasteiger partial charge is 0.309 e. The highest BCUT2D eigenvalue weighted by atomic mass is 127. The first-order valence-electron chi connectivity index (χ1n) is 34.4. The average Bonchev–Trinajstić information content (AvgIpc) is 0.680. The van der Waals surface area contributed by atoms with Crippen LogP contribution in [0.3, 0.4) is 0 Å². The van der Waals surface area contributed by atoms with Gasteiger partial charge in [-0.15, -0.1) is 0 Å². The fraction of sp³-hybridized carbons (Fsp3) is 0.724. The Kier molecular flexibility index (Phi) is 19.6. The van der Waals surface area contributed by atoms with Gasteiger partial charge in [0.15, 0.2) is 24.0 Å². The van der Waals surface area contributed by atoms with Crippen LogP contribution in [0.2, 0.25) is 0 Å². The molecule has 0 aromatic carbocycles. The molecule has 2 aromatic heterocycles. The number of aryl methyl sites for hydroxylation is 1. The number of pyridine rings is 2. The standard InChI is InChI=1S/C37H52N2O4.C36H50N2O4.C3H2Cl3N.HI/c1-32(2)27-11-14-37(7)29(35(27,5)13-12-28(32)38-30(41)23-10-9-19-39(8)22-23)26(40)20-24-25-21-34(4,31(42)43)16-15-33(25,3)17-18-36(24,37)6;1-31(2)26-10-13-36(7)28(34(26,5)12-11-27(31)38-29(40)22-9-8-18-37-21-22)25(39)19-23-24-20-33(4,30(41)42)15-14-32(24,3)16-17-35(23,36)6;4-3(5,6)1-2-7;/h9-10,19-20,22,25,27-29H,11-18,21H2,1-8H3,(H-,38,41,42,43);8-9,18-19,21,24,26-28H,10-17,20H2,1-7H3,(H,38,40)(H,41,42);1H2;1H/t25-,27-,28?,29+,33+,34-,35-,36+,37+;24-,26-,27?,28+,32+,33-,34-,35+,36+;;/m00../s1. The predicted octanol–water partition coefficient (Wildman–Crippen LogP) is 13.2. The largest absolute Gasteiger partial charge is 1.00 e. The Morgan fingerprint density at radius 2 is 1.01 bits per heavy atom. The Labute approximate surface area is 586 Å². The number of carbonyl (C=O) groups excluding carboxylic acids is 4. The number of nitriles is 1. The summed E-state index contributed by atoms with van der Waals surface area (Å²) in [5, 5.41) is 35.0. The minimum Gasteiger partial charge on any atom is -1.00 e. The third kappa shape index (κ3) is 11.9. The second-order valence-electron chi connectivity index (χ2n) is 34.8. The monoisotopic (exact) mass is 1450 g/mol. The van der Waals surface area contributed by atoms with Crippen LogP contribution in [0.25, 0.3) is 0 Å². The molecule has 10 aliphatic carbocycles. The lowest BCUT2D eigenvalue weighted by Gasteiger charge is -2.70. The van der Waals surface area contributed by atoms with Crippen LogP contribution >= 0.6 is 34.8 Å².